The number of nitrogens with zero attached hydrogens (tertiary/aromatic N) is 1. The number of benzene rings is 1. The van der Waals surface area contributed by atoms with Crippen molar-refractivity contribution >= 4 is 27.8 Å². The van der Waals surface area contributed by atoms with E-state index in [-0.39, 0.29) is 12.1 Å². The summed E-state index contributed by atoms with van der Waals surface area (Å²) in [6.07, 6.45) is -5.54. The van der Waals surface area contributed by atoms with Gasteiger partial charge in [-0.2, -0.15) is 13.2 Å². The second-order valence-corrected chi connectivity index (χ2v) is 6.63. The smallest absolute Gasteiger partial charge is 0.406 e. The van der Waals surface area contributed by atoms with Gasteiger partial charge in [-0.05, 0) is 43.5 Å². The Morgan fingerprint density at radius 1 is 1.26 bits per heavy atom. The van der Waals surface area contributed by atoms with Crippen LogP contribution in [0.4, 0.5) is 13.2 Å². The van der Waals surface area contributed by atoms with Crippen molar-refractivity contribution in [1.82, 2.24) is 4.90 Å². The molecule has 1 amide bonds. The van der Waals surface area contributed by atoms with Gasteiger partial charge in [-0.25, -0.2) is 0 Å². The van der Waals surface area contributed by atoms with Crippen LogP contribution in [-0.4, -0.2) is 41.1 Å². The molecule has 126 valence electrons. The summed E-state index contributed by atoms with van der Waals surface area (Å²) < 4.78 is 40.3. The highest BCUT2D eigenvalue weighted by Gasteiger charge is 2.64. The van der Waals surface area contributed by atoms with Gasteiger partial charge in [0.2, 0.25) is 0 Å². The third-order valence-corrected chi connectivity index (χ3v) is 5.10. The summed E-state index contributed by atoms with van der Waals surface area (Å²) >= 11 is 3.32. The monoisotopic (exact) mass is 393 g/mol. The lowest BCUT2D eigenvalue weighted by Crippen LogP contribution is -2.47. The average molecular weight is 394 g/mol. The zero-order chi connectivity index (χ0) is 17.6. The zero-order valence-electron chi connectivity index (χ0n) is 12.5. The summed E-state index contributed by atoms with van der Waals surface area (Å²) in [5, 5.41) is 9.04. The topological polar surface area (TPSA) is 57.6 Å². The van der Waals surface area contributed by atoms with Crippen LogP contribution >= 0.6 is 15.9 Å². The number of carboxylic acids is 1. The van der Waals surface area contributed by atoms with E-state index in [9.17, 15) is 22.8 Å². The van der Waals surface area contributed by atoms with Crippen molar-refractivity contribution in [2.45, 2.75) is 26.4 Å². The molecule has 1 N–H and O–H groups in total. The first kappa shape index (κ1) is 17.8. The van der Waals surface area contributed by atoms with E-state index in [1.165, 1.54) is 0 Å². The molecular formula is C15H15BrF3NO3. The van der Waals surface area contributed by atoms with Gasteiger partial charge in [0.1, 0.15) is 0 Å². The van der Waals surface area contributed by atoms with E-state index in [0.717, 1.165) is 14.9 Å². The lowest BCUT2D eigenvalue weighted by atomic mass is 9.86. The Morgan fingerprint density at radius 3 is 2.35 bits per heavy atom. The first-order valence-electron chi connectivity index (χ1n) is 6.86. The number of carboxylic acid groups (broad SMARTS) is 1. The van der Waals surface area contributed by atoms with Gasteiger partial charge >= 0.3 is 12.1 Å². The number of amides is 1. The molecular weight excluding hydrogens is 379 g/mol. The summed E-state index contributed by atoms with van der Waals surface area (Å²) in [5.74, 6) is -2.52. The maximum absolute atomic E-state index is 13.2. The van der Waals surface area contributed by atoms with Crippen molar-refractivity contribution in [2.75, 3.05) is 13.1 Å². The fraction of sp³-hybridized carbons (Fsp3) is 0.467. The molecule has 0 bridgehead atoms. The molecule has 0 spiro atoms. The summed E-state index contributed by atoms with van der Waals surface area (Å²) in [6.45, 7) is 2.35. The molecule has 4 nitrogen and oxygen atoms in total. The molecule has 0 aliphatic carbocycles. The number of rotatable bonds is 2. The second-order valence-electron chi connectivity index (χ2n) is 5.78. The lowest BCUT2D eigenvalue weighted by Gasteiger charge is -2.27. The molecule has 1 saturated heterocycles. The Bertz CT molecular complexity index is 675. The summed E-state index contributed by atoms with van der Waals surface area (Å²) in [4.78, 5) is 24.7. The van der Waals surface area contributed by atoms with E-state index >= 15 is 0 Å². The van der Waals surface area contributed by atoms with Gasteiger partial charge in [-0.3, -0.25) is 9.59 Å². The molecule has 0 radical (unpaired) electrons. The van der Waals surface area contributed by atoms with Gasteiger partial charge in [-0.1, -0.05) is 15.9 Å². The normalized spacial score (nSPS) is 21.6. The number of alkyl halides is 3. The van der Waals surface area contributed by atoms with E-state index in [1.54, 1.807) is 26.0 Å². The SMILES string of the molecule is Cc1cc(C(=O)N2CCC(C(=O)O)(C(F)(F)F)C2)c(C)cc1Br. The number of aliphatic carboxylic acids is 1. The van der Waals surface area contributed by atoms with E-state index in [0.29, 0.717) is 5.56 Å². The Labute approximate surface area is 139 Å². The predicted molar refractivity (Wildman–Crippen MR) is 80.3 cm³/mol. The van der Waals surface area contributed by atoms with Crippen molar-refractivity contribution in [3.8, 4) is 0 Å². The quantitative estimate of drug-likeness (QED) is 0.835. The van der Waals surface area contributed by atoms with Crippen LogP contribution in [-0.2, 0) is 4.79 Å². The maximum atomic E-state index is 13.2. The number of hydrogen-bond acceptors (Lipinski definition) is 2. The molecule has 0 saturated carbocycles. The minimum absolute atomic E-state index is 0.237. The fourth-order valence-electron chi connectivity index (χ4n) is 2.69. The van der Waals surface area contributed by atoms with Crippen LogP contribution < -0.4 is 0 Å². The Balaban J connectivity index is 2.33. The van der Waals surface area contributed by atoms with Crippen LogP contribution in [0.3, 0.4) is 0 Å². The van der Waals surface area contributed by atoms with E-state index in [4.69, 9.17) is 5.11 Å². The molecule has 1 heterocycles. The standard InChI is InChI=1S/C15H15BrF3NO3/c1-8-6-11(16)9(2)5-10(8)12(21)20-4-3-14(7-20,13(22)23)15(17,18)19/h5-6H,3-4,7H2,1-2H3,(H,22,23). The molecule has 8 heteroatoms. The summed E-state index contributed by atoms with van der Waals surface area (Å²) in [5.41, 5.74) is -1.21. The number of halogens is 4. The summed E-state index contributed by atoms with van der Waals surface area (Å²) in [7, 11) is 0. The second kappa shape index (κ2) is 5.81. The minimum Gasteiger partial charge on any atom is -0.481 e. The van der Waals surface area contributed by atoms with Crippen LogP contribution in [0.25, 0.3) is 0 Å². The van der Waals surface area contributed by atoms with E-state index in [2.05, 4.69) is 15.9 Å². The molecule has 1 aliphatic heterocycles. The Morgan fingerprint density at radius 2 is 1.87 bits per heavy atom. The van der Waals surface area contributed by atoms with Gasteiger partial charge in [-0.15, -0.1) is 0 Å². The average Bonchev–Trinajstić information content (AvgIpc) is 2.88. The van der Waals surface area contributed by atoms with Crippen molar-refractivity contribution in [3.63, 3.8) is 0 Å². The largest absolute Gasteiger partial charge is 0.481 e. The molecule has 1 fully saturated rings. The first-order valence-corrected chi connectivity index (χ1v) is 7.65. The predicted octanol–water partition coefficient (Wildman–Crippen LogP) is 3.55. The molecule has 1 aliphatic rings. The van der Waals surface area contributed by atoms with E-state index < -0.39 is 36.4 Å². The number of hydrogen-bond donors (Lipinski definition) is 1. The molecule has 2 rings (SSSR count). The molecule has 0 aromatic heterocycles. The third-order valence-electron chi connectivity index (χ3n) is 4.24. The fourth-order valence-corrected chi connectivity index (χ4v) is 3.15. The third kappa shape index (κ3) is 2.96. The zero-order valence-corrected chi connectivity index (χ0v) is 14.1. The van der Waals surface area contributed by atoms with Crippen LogP contribution in [0, 0.1) is 19.3 Å². The van der Waals surface area contributed by atoms with Crippen LogP contribution in [0.5, 0.6) is 0 Å². The van der Waals surface area contributed by atoms with Crippen molar-refractivity contribution in [2.24, 2.45) is 5.41 Å². The lowest BCUT2D eigenvalue weighted by molar-refractivity contribution is -0.227. The van der Waals surface area contributed by atoms with Gasteiger partial charge in [0.25, 0.3) is 5.91 Å². The van der Waals surface area contributed by atoms with Crippen molar-refractivity contribution in [1.29, 1.82) is 0 Å². The van der Waals surface area contributed by atoms with Gasteiger partial charge in [0.15, 0.2) is 5.41 Å². The summed E-state index contributed by atoms with van der Waals surface area (Å²) in [6, 6.07) is 3.31. The Hall–Kier alpha value is -1.57. The van der Waals surface area contributed by atoms with Crippen LogP contribution in [0.1, 0.15) is 27.9 Å². The van der Waals surface area contributed by atoms with Crippen LogP contribution in [0.15, 0.2) is 16.6 Å². The van der Waals surface area contributed by atoms with Crippen molar-refractivity contribution < 1.29 is 27.9 Å². The number of carbonyl (C=O) groups excluding carboxylic acids is 1. The highest BCUT2D eigenvalue weighted by Crippen LogP contribution is 2.46. The molecule has 1 aromatic carbocycles. The number of aryl methyl sites for hydroxylation is 2. The van der Waals surface area contributed by atoms with Gasteiger partial charge < -0.3 is 10.0 Å². The molecule has 23 heavy (non-hydrogen) atoms. The van der Waals surface area contributed by atoms with Gasteiger partial charge in [0.05, 0.1) is 0 Å². The number of carbonyl (C=O) groups is 2. The van der Waals surface area contributed by atoms with Crippen molar-refractivity contribution in [3.05, 3.63) is 33.3 Å². The molecule has 1 aromatic rings. The Kier molecular flexibility index (Phi) is 4.49. The van der Waals surface area contributed by atoms with Gasteiger partial charge in [0, 0.05) is 23.1 Å². The molecule has 1 atom stereocenters. The van der Waals surface area contributed by atoms with Crippen LogP contribution in [0.2, 0.25) is 0 Å². The highest BCUT2D eigenvalue weighted by molar-refractivity contribution is 9.10. The maximum Gasteiger partial charge on any atom is 0.406 e. The number of likely N-dealkylation sites (tertiary alicyclic amines) is 1. The van der Waals surface area contributed by atoms with E-state index in [1.807, 2.05) is 0 Å². The molecule has 1 unspecified atom stereocenters. The minimum atomic E-state index is -4.90. The highest BCUT2D eigenvalue weighted by atomic mass is 79.9. The first-order chi connectivity index (χ1) is 10.5.